The molecule has 0 bridgehead atoms. The van der Waals surface area contributed by atoms with Gasteiger partial charge in [0.1, 0.15) is 0 Å². The first-order valence-electron chi connectivity index (χ1n) is 9.82. The molecule has 5 heteroatoms. The molecule has 1 aliphatic carbocycles. The lowest BCUT2D eigenvalue weighted by Crippen LogP contribution is -2.35. The molecular formula is C21H34N2O3. The van der Waals surface area contributed by atoms with Crippen molar-refractivity contribution in [2.45, 2.75) is 57.4 Å². The molecule has 1 fully saturated rings. The number of carbonyl (C=O) groups excluding carboxylic acids is 1. The number of methoxy groups -OCH3 is 2. The summed E-state index contributed by atoms with van der Waals surface area (Å²) in [6, 6.07) is 6.54. The van der Waals surface area contributed by atoms with E-state index in [9.17, 15) is 4.79 Å². The second kappa shape index (κ2) is 11.1. The van der Waals surface area contributed by atoms with E-state index < -0.39 is 0 Å². The maximum Gasteiger partial charge on any atom is 0.220 e. The summed E-state index contributed by atoms with van der Waals surface area (Å²) in [7, 11) is 5.46. The average Bonchev–Trinajstić information content (AvgIpc) is 2.69. The van der Waals surface area contributed by atoms with Crippen LogP contribution in [0.25, 0.3) is 0 Å². The minimum Gasteiger partial charge on any atom is -0.493 e. The third-order valence-electron chi connectivity index (χ3n) is 5.30. The predicted octanol–water partition coefficient (Wildman–Crippen LogP) is 3.41. The first kappa shape index (κ1) is 20.6. The maximum absolute atomic E-state index is 12.1. The second-order valence-electron chi connectivity index (χ2n) is 7.17. The van der Waals surface area contributed by atoms with Gasteiger partial charge >= 0.3 is 0 Å². The van der Waals surface area contributed by atoms with E-state index in [-0.39, 0.29) is 5.91 Å². The Kier molecular flexibility index (Phi) is 8.75. The van der Waals surface area contributed by atoms with Crippen LogP contribution in [0.4, 0.5) is 0 Å². The highest BCUT2D eigenvalue weighted by atomic mass is 16.5. The fourth-order valence-corrected chi connectivity index (χ4v) is 3.64. The molecule has 0 radical (unpaired) electrons. The van der Waals surface area contributed by atoms with E-state index in [1.165, 1.54) is 32.1 Å². The summed E-state index contributed by atoms with van der Waals surface area (Å²) in [6.07, 6.45) is 8.98. The van der Waals surface area contributed by atoms with Gasteiger partial charge in [-0.05, 0) is 57.0 Å². The fourth-order valence-electron chi connectivity index (χ4n) is 3.64. The molecule has 1 N–H and O–H groups in total. The lowest BCUT2D eigenvalue weighted by molar-refractivity contribution is -0.121. The third-order valence-corrected chi connectivity index (χ3v) is 5.30. The van der Waals surface area contributed by atoms with Crippen LogP contribution in [0.1, 0.15) is 50.5 Å². The minimum atomic E-state index is 0.111. The molecule has 26 heavy (non-hydrogen) atoms. The normalized spacial score (nSPS) is 15.1. The van der Waals surface area contributed by atoms with Crippen molar-refractivity contribution in [1.29, 1.82) is 0 Å². The van der Waals surface area contributed by atoms with Crippen molar-refractivity contribution in [2.24, 2.45) is 0 Å². The van der Waals surface area contributed by atoms with Gasteiger partial charge < -0.3 is 19.7 Å². The van der Waals surface area contributed by atoms with Crippen molar-refractivity contribution < 1.29 is 14.3 Å². The molecule has 146 valence electrons. The topological polar surface area (TPSA) is 50.8 Å². The van der Waals surface area contributed by atoms with Crippen molar-refractivity contribution in [3.05, 3.63) is 23.8 Å². The van der Waals surface area contributed by atoms with Gasteiger partial charge in [-0.25, -0.2) is 0 Å². The SMILES string of the molecule is COc1ccc(CCC(=O)NCCCN(C)C2CCCCC2)cc1OC. The van der Waals surface area contributed by atoms with E-state index in [0.29, 0.717) is 24.3 Å². The van der Waals surface area contributed by atoms with Crippen LogP contribution in [-0.2, 0) is 11.2 Å². The van der Waals surface area contributed by atoms with Gasteiger partial charge in [-0.15, -0.1) is 0 Å². The van der Waals surface area contributed by atoms with E-state index in [2.05, 4.69) is 17.3 Å². The van der Waals surface area contributed by atoms with Crippen molar-refractivity contribution in [1.82, 2.24) is 10.2 Å². The maximum atomic E-state index is 12.1. The first-order valence-corrected chi connectivity index (χ1v) is 9.82. The van der Waals surface area contributed by atoms with Gasteiger partial charge in [0.2, 0.25) is 5.91 Å². The van der Waals surface area contributed by atoms with Crippen LogP contribution in [0.5, 0.6) is 11.5 Å². The number of rotatable bonds is 10. The van der Waals surface area contributed by atoms with Gasteiger partial charge in [-0.3, -0.25) is 4.79 Å². The van der Waals surface area contributed by atoms with Crippen molar-refractivity contribution in [2.75, 3.05) is 34.4 Å². The Labute approximate surface area is 158 Å². The smallest absolute Gasteiger partial charge is 0.220 e. The molecule has 1 aliphatic rings. The van der Waals surface area contributed by atoms with Gasteiger partial charge in [-0.1, -0.05) is 25.3 Å². The van der Waals surface area contributed by atoms with Crippen LogP contribution >= 0.6 is 0 Å². The standard InChI is InChI=1S/C21H34N2O3/c1-23(18-8-5-4-6-9-18)15-7-14-22-21(24)13-11-17-10-12-19(25-2)20(16-17)26-3/h10,12,16,18H,4-9,11,13-15H2,1-3H3,(H,22,24). The molecule has 1 saturated carbocycles. The quantitative estimate of drug-likeness (QED) is 0.648. The molecule has 0 unspecified atom stereocenters. The van der Waals surface area contributed by atoms with Gasteiger partial charge in [0.05, 0.1) is 14.2 Å². The average molecular weight is 363 g/mol. The van der Waals surface area contributed by atoms with E-state index in [1.54, 1.807) is 14.2 Å². The number of nitrogens with zero attached hydrogens (tertiary/aromatic N) is 1. The highest BCUT2D eigenvalue weighted by Gasteiger charge is 2.17. The molecule has 1 aromatic rings. The molecule has 5 nitrogen and oxygen atoms in total. The molecule has 0 heterocycles. The molecule has 0 saturated heterocycles. The number of ether oxygens (including phenoxy) is 2. The van der Waals surface area contributed by atoms with E-state index in [0.717, 1.165) is 31.1 Å². The number of nitrogens with one attached hydrogen (secondary N) is 1. The van der Waals surface area contributed by atoms with Gasteiger partial charge in [0.25, 0.3) is 0 Å². The van der Waals surface area contributed by atoms with E-state index >= 15 is 0 Å². The summed E-state index contributed by atoms with van der Waals surface area (Å²) in [4.78, 5) is 14.5. The molecule has 0 aliphatic heterocycles. The molecule has 1 aromatic carbocycles. The molecule has 2 rings (SSSR count). The fraction of sp³-hybridized carbons (Fsp3) is 0.667. The lowest BCUT2D eigenvalue weighted by Gasteiger charge is -2.31. The predicted molar refractivity (Wildman–Crippen MR) is 105 cm³/mol. The van der Waals surface area contributed by atoms with Gasteiger partial charge in [0.15, 0.2) is 11.5 Å². The lowest BCUT2D eigenvalue weighted by atomic mass is 9.94. The minimum absolute atomic E-state index is 0.111. The summed E-state index contributed by atoms with van der Waals surface area (Å²) in [5, 5.41) is 3.04. The molecule has 1 amide bonds. The molecule has 0 atom stereocenters. The molecule has 0 spiro atoms. The van der Waals surface area contributed by atoms with Crippen LogP contribution in [-0.4, -0.2) is 51.2 Å². The first-order chi connectivity index (χ1) is 12.6. The van der Waals surface area contributed by atoms with Crippen LogP contribution in [0.3, 0.4) is 0 Å². The Morgan fingerprint density at radius 3 is 2.58 bits per heavy atom. The highest BCUT2D eigenvalue weighted by molar-refractivity contribution is 5.76. The Bertz CT molecular complexity index is 556. The summed E-state index contributed by atoms with van der Waals surface area (Å²) in [5.41, 5.74) is 1.08. The summed E-state index contributed by atoms with van der Waals surface area (Å²) < 4.78 is 10.5. The number of carbonyl (C=O) groups is 1. The molecular weight excluding hydrogens is 328 g/mol. The third kappa shape index (κ3) is 6.52. The largest absolute Gasteiger partial charge is 0.493 e. The number of hydrogen-bond donors (Lipinski definition) is 1. The highest BCUT2D eigenvalue weighted by Crippen LogP contribution is 2.28. The zero-order valence-electron chi connectivity index (χ0n) is 16.6. The number of amides is 1. The van der Waals surface area contributed by atoms with Crippen LogP contribution in [0, 0.1) is 0 Å². The van der Waals surface area contributed by atoms with E-state index in [4.69, 9.17) is 9.47 Å². The number of benzene rings is 1. The second-order valence-corrected chi connectivity index (χ2v) is 7.17. The van der Waals surface area contributed by atoms with Crippen LogP contribution in [0.15, 0.2) is 18.2 Å². The molecule has 0 aromatic heterocycles. The zero-order valence-corrected chi connectivity index (χ0v) is 16.6. The zero-order chi connectivity index (χ0) is 18.8. The Morgan fingerprint density at radius 1 is 1.15 bits per heavy atom. The van der Waals surface area contributed by atoms with Crippen LogP contribution < -0.4 is 14.8 Å². The van der Waals surface area contributed by atoms with Crippen molar-refractivity contribution >= 4 is 5.91 Å². The van der Waals surface area contributed by atoms with Crippen molar-refractivity contribution in [3.8, 4) is 11.5 Å². The van der Waals surface area contributed by atoms with Gasteiger partial charge in [-0.2, -0.15) is 0 Å². The summed E-state index contributed by atoms with van der Waals surface area (Å²) in [6.45, 7) is 1.81. The Morgan fingerprint density at radius 2 is 1.88 bits per heavy atom. The van der Waals surface area contributed by atoms with Gasteiger partial charge in [0, 0.05) is 19.0 Å². The van der Waals surface area contributed by atoms with Crippen LogP contribution in [0.2, 0.25) is 0 Å². The summed E-state index contributed by atoms with van der Waals surface area (Å²) >= 11 is 0. The Hall–Kier alpha value is -1.75. The number of hydrogen-bond acceptors (Lipinski definition) is 4. The number of aryl methyl sites for hydroxylation is 1. The summed E-state index contributed by atoms with van der Waals surface area (Å²) in [5.74, 6) is 1.53. The Balaban J connectivity index is 1.63. The monoisotopic (exact) mass is 362 g/mol. The van der Waals surface area contributed by atoms with Crippen molar-refractivity contribution in [3.63, 3.8) is 0 Å². The van der Waals surface area contributed by atoms with E-state index in [1.807, 2.05) is 18.2 Å².